The van der Waals surface area contributed by atoms with Gasteiger partial charge in [0.1, 0.15) is 0 Å². The van der Waals surface area contributed by atoms with E-state index in [1.54, 1.807) is 11.8 Å². The highest BCUT2D eigenvalue weighted by Gasteiger charge is 2.24. The summed E-state index contributed by atoms with van der Waals surface area (Å²) < 4.78 is 5.44. The second kappa shape index (κ2) is 9.93. The van der Waals surface area contributed by atoms with Crippen molar-refractivity contribution in [2.75, 3.05) is 44.9 Å². The van der Waals surface area contributed by atoms with E-state index in [4.69, 9.17) is 10.5 Å². The monoisotopic (exact) mass is 337 g/mol. The molecule has 2 unspecified atom stereocenters. The Balaban J connectivity index is 1.96. The van der Waals surface area contributed by atoms with E-state index in [-0.39, 0.29) is 11.9 Å². The van der Waals surface area contributed by atoms with Crippen molar-refractivity contribution in [2.45, 2.75) is 18.5 Å². The third kappa shape index (κ3) is 5.80. The molecule has 1 saturated heterocycles. The number of benzene rings is 1. The number of nitrogens with two attached hydrogens (primary N) is 1. The van der Waals surface area contributed by atoms with Crippen LogP contribution in [-0.2, 0) is 9.53 Å². The first-order valence-corrected chi connectivity index (χ1v) is 9.50. The zero-order valence-corrected chi connectivity index (χ0v) is 14.6. The number of carbonyl (C=O) groups is 1. The Bertz CT molecular complexity index is 466. The van der Waals surface area contributed by atoms with Gasteiger partial charge in [-0.2, -0.15) is 11.8 Å². The van der Waals surface area contributed by atoms with E-state index in [9.17, 15) is 4.79 Å². The maximum atomic E-state index is 12.2. The van der Waals surface area contributed by atoms with E-state index in [0.717, 1.165) is 32.1 Å². The van der Waals surface area contributed by atoms with Crippen molar-refractivity contribution in [3.05, 3.63) is 35.9 Å². The zero-order chi connectivity index (χ0) is 16.5. The minimum absolute atomic E-state index is 0.0618. The highest BCUT2D eigenvalue weighted by Crippen LogP contribution is 2.21. The molecular weight excluding hydrogens is 310 g/mol. The minimum Gasteiger partial charge on any atom is -0.379 e. The fourth-order valence-electron chi connectivity index (χ4n) is 2.73. The lowest BCUT2D eigenvalue weighted by molar-refractivity contribution is -0.122. The van der Waals surface area contributed by atoms with Crippen LogP contribution in [0.15, 0.2) is 30.3 Å². The summed E-state index contributed by atoms with van der Waals surface area (Å²) >= 11 is 1.71. The van der Waals surface area contributed by atoms with Crippen molar-refractivity contribution in [1.29, 1.82) is 0 Å². The summed E-state index contributed by atoms with van der Waals surface area (Å²) in [4.78, 5) is 14.5. The topological polar surface area (TPSA) is 67.6 Å². The summed E-state index contributed by atoms with van der Waals surface area (Å²) in [6, 6.07) is 10.0. The molecule has 128 valence electrons. The third-order valence-electron chi connectivity index (χ3n) is 4.11. The number of rotatable bonds is 8. The van der Waals surface area contributed by atoms with E-state index in [1.165, 1.54) is 5.56 Å². The van der Waals surface area contributed by atoms with Gasteiger partial charge in [-0.25, -0.2) is 0 Å². The number of thioether (sulfide) groups is 1. The van der Waals surface area contributed by atoms with Crippen LogP contribution in [0.3, 0.4) is 0 Å². The Morgan fingerprint density at radius 3 is 2.70 bits per heavy atom. The molecule has 0 aliphatic carbocycles. The number of ether oxygens (including phenoxy) is 1. The van der Waals surface area contributed by atoms with Crippen LogP contribution in [0.2, 0.25) is 0 Å². The Morgan fingerprint density at radius 2 is 2.04 bits per heavy atom. The van der Waals surface area contributed by atoms with Crippen LogP contribution in [0.5, 0.6) is 0 Å². The summed E-state index contributed by atoms with van der Waals surface area (Å²) in [6.45, 7) is 3.83. The number of nitrogens with zero attached hydrogens (tertiary/aromatic N) is 1. The smallest absolute Gasteiger partial charge is 0.237 e. The van der Waals surface area contributed by atoms with Crippen LogP contribution in [0.1, 0.15) is 18.0 Å². The van der Waals surface area contributed by atoms with Crippen molar-refractivity contribution in [3.63, 3.8) is 0 Å². The SMILES string of the molecule is CSCCC(N)C(=O)NCC(c1ccccc1)N1CCOCC1. The van der Waals surface area contributed by atoms with Gasteiger partial charge in [0.05, 0.1) is 25.3 Å². The van der Waals surface area contributed by atoms with Gasteiger partial charge >= 0.3 is 0 Å². The number of carbonyl (C=O) groups excluding carboxylic acids is 1. The molecule has 1 amide bonds. The van der Waals surface area contributed by atoms with E-state index in [1.807, 2.05) is 24.5 Å². The van der Waals surface area contributed by atoms with E-state index < -0.39 is 6.04 Å². The molecule has 0 radical (unpaired) electrons. The summed E-state index contributed by atoms with van der Waals surface area (Å²) in [5.41, 5.74) is 7.16. The predicted octanol–water partition coefficient (Wildman–Crippen LogP) is 1.26. The Kier molecular flexibility index (Phi) is 7.88. The number of morpholine rings is 1. The molecule has 5 nitrogen and oxygen atoms in total. The second-order valence-corrected chi connectivity index (χ2v) is 6.69. The molecule has 1 aromatic carbocycles. The van der Waals surface area contributed by atoms with Crippen molar-refractivity contribution in [1.82, 2.24) is 10.2 Å². The fraction of sp³-hybridized carbons (Fsp3) is 0.588. The van der Waals surface area contributed by atoms with E-state index in [2.05, 4.69) is 22.3 Å². The van der Waals surface area contributed by atoms with Crippen LogP contribution in [0.25, 0.3) is 0 Å². The summed E-state index contributed by atoms with van der Waals surface area (Å²) in [7, 11) is 0. The van der Waals surface area contributed by atoms with Crippen molar-refractivity contribution in [3.8, 4) is 0 Å². The zero-order valence-electron chi connectivity index (χ0n) is 13.7. The van der Waals surface area contributed by atoms with Gasteiger partial charge in [-0.3, -0.25) is 9.69 Å². The fourth-order valence-corrected chi connectivity index (χ4v) is 3.22. The van der Waals surface area contributed by atoms with E-state index in [0.29, 0.717) is 13.0 Å². The molecule has 0 bridgehead atoms. The van der Waals surface area contributed by atoms with Crippen molar-refractivity contribution < 1.29 is 9.53 Å². The molecule has 23 heavy (non-hydrogen) atoms. The maximum absolute atomic E-state index is 12.2. The van der Waals surface area contributed by atoms with Gasteiger partial charge in [0.25, 0.3) is 0 Å². The van der Waals surface area contributed by atoms with Crippen LogP contribution < -0.4 is 11.1 Å². The number of nitrogens with one attached hydrogen (secondary N) is 1. The predicted molar refractivity (Wildman–Crippen MR) is 95.6 cm³/mol. The molecule has 3 N–H and O–H groups in total. The largest absolute Gasteiger partial charge is 0.379 e. The molecule has 0 saturated carbocycles. The van der Waals surface area contributed by atoms with Gasteiger partial charge < -0.3 is 15.8 Å². The van der Waals surface area contributed by atoms with Crippen LogP contribution in [-0.4, -0.2) is 61.7 Å². The van der Waals surface area contributed by atoms with Crippen LogP contribution >= 0.6 is 11.8 Å². The molecule has 2 atom stereocenters. The van der Waals surface area contributed by atoms with Crippen LogP contribution in [0.4, 0.5) is 0 Å². The van der Waals surface area contributed by atoms with Gasteiger partial charge in [-0.05, 0) is 24.0 Å². The van der Waals surface area contributed by atoms with Gasteiger partial charge in [0, 0.05) is 19.6 Å². The second-order valence-electron chi connectivity index (χ2n) is 5.71. The Labute approximate surface area is 142 Å². The van der Waals surface area contributed by atoms with Crippen molar-refractivity contribution >= 4 is 17.7 Å². The molecule has 2 rings (SSSR count). The normalized spacial score (nSPS) is 18.3. The lowest BCUT2D eigenvalue weighted by Gasteiger charge is -2.35. The van der Waals surface area contributed by atoms with Gasteiger partial charge in [0.15, 0.2) is 0 Å². The lowest BCUT2D eigenvalue weighted by atomic mass is 10.0. The average molecular weight is 337 g/mol. The summed E-state index contributed by atoms with van der Waals surface area (Å²) in [5, 5.41) is 3.03. The first kappa shape index (κ1) is 18.3. The molecule has 6 heteroatoms. The number of hydrogen-bond donors (Lipinski definition) is 2. The molecule has 1 fully saturated rings. The molecule has 0 aromatic heterocycles. The number of amides is 1. The first-order valence-electron chi connectivity index (χ1n) is 8.11. The van der Waals surface area contributed by atoms with Gasteiger partial charge in [0.2, 0.25) is 5.91 Å². The molecule has 1 heterocycles. The minimum atomic E-state index is -0.427. The standard InChI is InChI=1S/C17H27N3O2S/c1-23-12-7-15(18)17(21)19-13-16(14-5-3-2-4-6-14)20-8-10-22-11-9-20/h2-6,15-16H,7-13,18H2,1H3,(H,19,21). The third-order valence-corrected chi connectivity index (χ3v) is 4.75. The van der Waals surface area contributed by atoms with Crippen molar-refractivity contribution in [2.24, 2.45) is 5.73 Å². The quantitative estimate of drug-likeness (QED) is 0.747. The highest BCUT2D eigenvalue weighted by atomic mass is 32.2. The Hall–Kier alpha value is -1.08. The van der Waals surface area contributed by atoms with Gasteiger partial charge in [-0.15, -0.1) is 0 Å². The number of hydrogen-bond acceptors (Lipinski definition) is 5. The highest BCUT2D eigenvalue weighted by molar-refractivity contribution is 7.98. The Morgan fingerprint density at radius 1 is 1.35 bits per heavy atom. The molecular formula is C17H27N3O2S. The van der Waals surface area contributed by atoms with Crippen LogP contribution in [0, 0.1) is 0 Å². The molecule has 1 aliphatic heterocycles. The van der Waals surface area contributed by atoms with Gasteiger partial charge in [-0.1, -0.05) is 30.3 Å². The first-order chi connectivity index (χ1) is 11.2. The molecule has 1 aromatic rings. The lowest BCUT2D eigenvalue weighted by Crippen LogP contribution is -2.47. The summed E-state index contributed by atoms with van der Waals surface area (Å²) in [6.07, 6.45) is 2.73. The molecule has 1 aliphatic rings. The van der Waals surface area contributed by atoms with E-state index >= 15 is 0 Å². The maximum Gasteiger partial charge on any atom is 0.237 e. The molecule has 0 spiro atoms. The average Bonchev–Trinajstić information content (AvgIpc) is 2.61. The summed E-state index contributed by atoms with van der Waals surface area (Å²) in [5.74, 6) is 0.841.